The second-order valence-electron chi connectivity index (χ2n) is 10.9. The molecule has 2 fully saturated rings. The fourth-order valence-corrected chi connectivity index (χ4v) is 5.65. The molecular formula is C27H35F2N7O3. The van der Waals surface area contributed by atoms with E-state index in [4.69, 9.17) is 0 Å². The first-order chi connectivity index (χ1) is 18.6. The van der Waals surface area contributed by atoms with Gasteiger partial charge in [0.1, 0.15) is 11.7 Å². The van der Waals surface area contributed by atoms with Crippen LogP contribution >= 0.6 is 0 Å². The quantitative estimate of drug-likeness (QED) is 0.513. The number of hydrogen-bond donors (Lipinski definition) is 1. The third-order valence-corrected chi connectivity index (χ3v) is 7.96. The topological polar surface area (TPSA) is 99.7 Å². The van der Waals surface area contributed by atoms with Gasteiger partial charge in [-0.25, -0.2) is 23.2 Å². The molecule has 2 aromatic heterocycles. The molecule has 0 radical (unpaired) electrons. The third kappa shape index (κ3) is 5.81. The van der Waals surface area contributed by atoms with E-state index < -0.39 is 12.0 Å². The Morgan fingerprint density at radius 1 is 1.13 bits per heavy atom. The van der Waals surface area contributed by atoms with Crippen LogP contribution in [0.5, 0.6) is 0 Å². The summed E-state index contributed by atoms with van der Waals surface area (Å²) in [4.78, 5) is 35.0. The lowest BCUT2D eigenvalue weighted by Crippen LogP contribution is -2.51. The van der Waals surface area contributed by atoms with Gasteiger partial charge in [0.15, 0.2) is 5.65 Å². The number of urea groups is 1. The maximum Gasteiger partial charge on any atom is 0.319 e. The van der Waals surface area contributed by atoms with Gasteiger partial charge >= 0.3 is 6.03 Å². The molecule has 1 aromatic carbocycles. The number of carbonyl (C=O) groups is 1. The van der Waals surface area contributed by atoms with Gasteiger partial charge in [-0.3, -0.25) is 14.3 Å². The molecule has 2 saturated heterocycles. The number of likely N-dealkylation sites (tertiary alicyclic amines) is 2. The fraction of sp³-hybridized carbons (Fsp3) is 0.556. The van der Waals surface area contributed by atoms with Gasteiger partial charge in [0.05, 0.1) is 30.6 Å². The molecule has 39 heavy (non-hydrogen) atoms. The van der Waals surface area contributed by atoms with Gasteiger partial charge in [0, 0.05) is 27.2 Å². The number of piperidine rings is 2. The average molecular weight is 544 g/mol. The summed E-state index contributed by atoms with van der Waals surface area (Å²) in [6.07, 6.45) is 3.06. The van der Waals surface area contributed by atoms with Crippen molar-refractivity contribution in [2.45, 2.75) is 50.2 Å². The first-order valence-electron chi connectivity index (χ1n) is 13.4. The number of fused-ring (bicyclic) bond motifs is 1. The Kier molecular flexibility index (Phi) is 7.68. The molecule has 0 aliphatic carbocycles. The minimum Gasteiger partial charge on any atom is -0.388 e. The summed E-state index contributed by atoms with van der Waals surface area (Å²) in [5, 5.41) is 15.9. The van der Waals surface area contributed by atoms with Crippen LogP contribution in [0.4, 0.5) is 13.6 Å². The third-order valence-electron chi connectivity index (χ3n) is 7.96. The number of amides is 2. The zero-order chi connectivity index (χ0) is 27.7. The van der Waals surface area contributed by atoms with Crippen molar-refractivity contribution >= 4 is 17.1 Å². The molecule has 5 rings (SSSR count). The second kappa shape index (κ2) is 11.0. The Balaban J connectivity index is 1.27. The predicted octanol–water partition coefficient (Wildman–Crippen LogP) is 2.54. The Hall–Kier alpha value is -3.38. The minimum absolute atomic E-state index is 0.0898. The van der Waals surface area contributed by atoms with E-state index in [-0.39, 0.29) is 24.7 Å². The molecule has 0 bridgehead atoms. The number of carbonyl (C=O) groups excluding carboxylic acids is 1. The number of rotatable bonds is 6. The van der Waals surface area contributed by atoms with Crippen LogP contribution in [0.15, 0.2) is 41.6 Å². The van der Waals surface area contributed by atoms with E-state index in [0.29, 0.717) is 56.0 Å². The van der Waals surface area contributed by atoms with E-state index in [1.54, 1.807) is 23.7 Å². The molecule has 0 atom stereocenters. The maximum absolute atomic E-state index is 13.2. The summed E-state index contributed by atoms with van der Waals surface area (Å²) in [7, 11) is 3.39. The lowest BCUT2D eigenvalue weighted by Gasteiger charge is -2.39. The number of hydrogen-bond acceptors (Lipinski definition) is 6. The molecule has 2 aliphatic rings. The first-order valence-corrected chi connectivity index (χ1v) is 13.4. The number of aliphatic hydroxyl groups is 1. The lowest BCUT2D eigenvalue weighted by atomic mass is 9.89. The molecule has 2 amide bonds. The smallest absolute Gasteiger partial charge is 0.319 e. The Labute approximate surface area is 225 Å². The number of alkyl halides is 2. The highest BCUT2D eigenvalue weighted by atomic mass is 19.3. The summed E-state index contributed by atoms with van der Waals surface area (Å²) in [5.74, 6) is 0.325. The van der Waals surface area contributed by atoms with Gasteiger partial charge in [0.2, 0.25) is 0 Å². The van der Waals surface area contributed by atoms with Crippen LogP contribution in [0.25, 0.3) is 16.7 Å². The minimum atomic E-state index is -2.30. The average Bonchev–Trinajstić information content (AvgIpc) is 3.35. The van der Waals surface area contributed by atoms with E-state index in [0.717, 1.165) is 24.1 Å². The molecule has 4 heterocycles. The molecule has 12 heteroatoms. The molecule has 0 spiro atoms. The van der Waals surface area contributed by atoms with Gasteiger partial charge in [0.25, 0.3) is 12.0 Å². The molecule has 10 nitrogen and oxygen atoms in total. The molecule has 0 saturated carbocycles. The second-order valence-corrected chi connectivity index (χ2v) is 10.9. The predicted molar refractivity (Wildman–Crippen MR) is 142 cm³/mol. The monoisotopic (exact) mass is 543 g/mol. The maximum atomic E-state index is 13.2. The molecule has 210 valence electrons. The van der Waals surface area contributed by atoms with Crippen molar-refractivity contribution in [3.8, 4) is 5.69 Å². The molecule has 2 aliphatic heterocycles. The number of benzene rings is 1. The van der Waals surface area contributed by atoms with Crippen molar-refractivity contribution in [2.75, 3.05) is 46.8 Å². The summed E-state index contributed by atoms with van der Waals surface area (Å²) < 4.78 is 28.4. The van der Waals surface area contributed by atoms with Crippen LogP contribution in [0, 0.1) is 0 Å². The van der Waals surface area contributed by atoms with Crippen LogP contribution in [0.1, 0.15) is 37.2 Å². The molecule has 0 unspecified atom stereocenters. The van der Waals surface area contributed by atoms with Crippen molar-refractivity contribution in [1.82, 2.24) is 34.0 Å². The summed E-state index contributed by atoms with van der Waals surface area (Å²) >= 11 is 0. The van der Waals surface area contributed by atoms with Gasteiger partial charge < -0.3 is 14.9 Å². The van der Waals surface area contributed by atoms with Crippen molar-refractivity contribution in [1.29, 1.82) is 0 Å². The van der Waals surface area contributed by atoms with Crippen LogP contribution < -0.4 is 5.56 Å². The van der Waals surface area contributed by atoms with Crippen LogP contribution in [0.2, 0.25) is 0 Å². The zero-order valence-electron chi connectivity index (χ0n) is 22.3. The SMILES string of the molecule is CN(C)C(=O)N1CCC(O)(Cn2cnc3c(cnn3-c3ccc(C4CCN(CC(F)F)CC4)cc3)c2=O)CC1. The van der Waals surface area contributed by atoms with E-state index in [2.05, 4.69) is 10.1 Å². The van der Waals surface area contributed by atoms with E-state index in [1.807, 2.05) is 29.2 Å². The number of nitrogens with zero attached hydrogens (tertiary/aromatic N) is 7. The highest BCUT2D eigenvalue weighted by Crippen LogP contribution is 2.29. The molecular weight excluding hydrogens is 508 g/mol. The van der Waals surface area contributed by atoms with Crippen molar-refractivity contribution in [3.05, 3.63) is 52.7 Å². The van der Waals surface area contributed by atoms with E-state index >= 15 is 0 Å². The van der Waals surface area contributed by atoms with Crippen LogP contribution in [-0.4, -0.2) is 104 Å². The van der Waals surface area contributed by atoms with Crippen LogP contribution in [-0.2, 0) is 6.54 Å². The van der Waals surface area contributed by atoms with Crippen molar-refractivity contribution in [2.24, 2.45) is 0 Å². The van der Waals surface area contributed by atoms with Gasteiger partial charge in [-0.2, -0.15) is 5.10 Å². The number of aromatic nitrogens is 4. The highest BCUT2D eigenvalue weighted by Gasteiger charge is 2.35. The summed E-state index contributed by atoms with van der Waals surface area (Å²) in [5.41, 5.74) is 0.976. The Bertz CT molecular complexity index is 1360. The Morgan fingerprint density at radius 3 is 2.41 bits per heavy atom. The first kappa shape index (κ1) is 27.2. The summed E-state index contributed by atoms with van der Waals surface area (Å²) in [6, 6.07) is 7.84. The normalized spacial score (nSPS) is 18.7. The van der Waals surface area contributed by atoms with E-state index in [9.17, 15) is 23.5 Å². The molecule has 1 N–H and O–H groups in total. The Morgan fingerprint density at radius 2 is 1.79 bits per heavy atom. The zero-order valence-corrected chi connectivity index (χ0v) is 22.3. The van der Waals surface area contributed by atoms with Crippen molar-refractivity contribution < 1.29 is 18.7 Å². The number of halogens is 2. The van der Waals surface area contributed by atoms with Crippen LogP contribution in [0.3, 0.4) is 0 Å². The van der Waals surface area contributed by atoms with Gasteiger partial charge in [-0.15, -0.1) is 0 Å². The summed E-state index contributed by atoms with van der Waals surface area (Å²) in [6.45, 7) is 2.09. The molecule has 3 aromatic rings. The van der Waals surface area contributed by atoms with Crippen molar-refractivity contribution in [3.63, 3.8) is 0 Å². The standard InChI is InChI=1S/C27H35F2N7O3/c1-32(2)26(38)34-13-9-27(39,10-14-34)17-35-18-30-24-22(25(35)37)15-31-36(24)21-5-3-19(4-6-21)20-7-11-33(12-8-20)16-23(28)29/h3-6,15,18,20,23,39H,7-14,16-17H2,1-2H3. The van der Waals surface area contributed by atoms with E-state index in [1.165, 1.54) is 22.0 Å². The fourth-order valence-electron chi connectivity index (χ4n) is 5.65. The lowest BCUT2D eigenvalue weighted by molar-refractivity contribution is -0.0282. The van der Waals surface area contributed by atoms with Gasteiger partial charge in [-0.05, 0) is 62.4 Å². The highest BCUT2D eigenvalue weighted by molar-refractivity contribution is 5.75. The largest absolute Gasteiger partial charge is 0.388 e. The van der Waals surface area contributed by atoms with Gasteiger partial charge in [-0.1, -0.05) is 12.1 Å².